The molecule has 1 unspecified atom stereocenters. The van der Waals surface area contributed by atoms with Crippen molar-refractivity contribution in [1.82, 2.24) is 9.97 Å². The summed E-state index contributed by atoms with van der Waals surface area (Å²) in [7, 11) is 0. The number of carbonyl (C=O) groups excluding carboxylic acids is 1. The van der Waals surface area contributed by atoms with Crippen molar-refractivity contribution in [2.24, 2.45) is 5.92 Å². The molecule has 170 valence electrons. The van der Waals surface area contributed by atoms with E-state index < -0.39 is 12.1 Å². The molecular formula is C22H25F3N6O. The standard InChI is InChI=1S/C22H25F3N6O/c23-22(24,25)15-3-1-12-30(13-15)19-6-5-18-20(28-19)31(17-4-2-11-29(18)14-17)21(32)27-16-7-9-26-10-8-16/h5-10,15,17H,1-4,11-14H2,(H,26,27,32)/t15?,17-/m1/s1. The average molecular weight is 446 g/mol. The molecule has 1 N–H and O–H groups in total. The Bertz CT molecular complexity index is 985. The van der Waals surface area contributed by atoms with Gasteiger partial charge in [0.05, 0.1) is 17.6 Å². The van der Waals surface area contributed by atoms with Crippen LogP contribution in [0.5, 0.6) is 0 Å². The van der Waals surface area contributed by atoms with Crippen LogP contribution in [0.15, 0.2) is 36.7 Å². The molecule has 2 amide bonds. The predicted molar refractivity (Wildman–Crippen MR) is 116 cm³/mol. The third kappa shape index (κ3) is 3.93. The Balaban J connectivity index is 1.47. The summed E-state index contributed by atoms with van der Waals surface area (Å²) in [6.45, 7) is 2.02. The summed E-state index contributed by atoms with van der Waals surface area (Å²) in [4.78, 5) is 27.6. The minimum atomic E-state index is -4.22. The van der Waals surface area contributed by atoms with Gasteiger partial charge in [-0.1, -0.05) is 0 Å². The number of carbonyl (C=O) groups is 1. The molecule has 2 bridgehead atoms. The second-order valence-corrected chi connectivity index (χ2v) is 8.62. The maximum atomic E-state index is 13.3. The summed E-state index contributed by atoms with van der Waals surface area (Å²) < 4.78 is 39.9. The number of hydrogen-bond acceptors (Lipinski definition) is 5. The fourth-order valence-electron chi connectivity index (χ4n) is 4.92. The molecule has 32 heavy (non-hydrogen) atoms. The van der Waals surface area contributed by atoms with E-state index in [1.54, 1.807) is 40.4 Å². The number of fused-ring (bicyclic) bond motifs is 4. The van der Waals surface area contributed by atoms with Crippen LogP contribution >= 0.6 is 0 Å². The topological polar surface area (TPSA) is 64.6 Å². The quantitative estimate of drug-likeness (QED) is 0.746. The first-order valence-corrected chi connectivity index (χ1v) is 11.0. The van der Waals surface area contributed by atoms with E-state index >= 15 is 0 Å². The van der Waals surface area contributed by atoms with Crippen molar-refractivity contribution in [3.05, 3.63) is 36.7 Å². The van der Waals surface area contributed by atoms with Crippen LogP contribution in [0.3, 0.4) is 0 Å². The van der Waals surface area contributed by atoms with Crippen LogP contribution in [-0.4, -0.2) is 54.4 Å². The Morgan fingerprint density at radius 3 is 2.53 bits per heavy atom. The zero-order chi connectivity index (χ0) is 22.3. The molecular weight excluding hydrogens is 421 g/mol. The van der Waals surface area contributed by atoms with Crippen molar-refractivity contribution in [3.63, 3.8) is 0 Å². The molecule has 2 fully saturated rings. The van der Waals surface area contributed by atoms with E-state index in [1.807, 2.05) is 6.07 Å². The predicted octanol–water partition coefficient (Wildman–Crippen LogP) is 4.28. The van der Waals surface area contributed by atoms with Crippen molar-refractivity contribution in [2.75, 3.05) is 46.2 Å². The van der Waals surface area contributed by atoms with Crippen LogP contribution in [0.1, 0.15) is 25.7 Å². The highest BCUT2D eigenvalue weighted by Gasteiger charge is 2.43. The number of piperidine rings is 2. The maximum absolute atomic E-state index is 13.3. The zero-order valence-electron chi connectivity index (χ0n) is 17.6. The molecule has 2 aromatic rings. The van der Waals surface area contributed by atoms with Crippen molar-refractivity contribution in [2.45, 2.75) is 37.9 Å². The SMILES string of the molecule is O=C(Nc1ccncc1)N1c2nc(N3CCCC(C(F)(F)F)C3)ccc2N2CCC[C@@H]1C2. The van der Waals surface area contributed by atoms with Crippen LogP contribution in [0.25, 0.3) is 0 Å². The Kier molecular flexibility index (Phi) is 5.30. The molecule has 3 aliphatic heterocycles. The number of alkyl halides is 3. The lowest BCUT2D eigenvalue weighted by molar-refractivity contribution is -0.176. The van der Waals surface area contributed by atoms with E-state index in [2.05, 4.69) is 15.2 Å². The normalized spacial score (nSPS) is 23.0. The van der Waals surface area contributed by atoms with E-state index in [9.17, 15) is 18.0 Å². The van der Waals surface area contributed by atoms with Gasteiger partial charge in [-0.3, -0.25) is 9.88 Å². The highest BCUT2D eigenvalue weighted by molar-refractivity contribution is 6.04. The van der Waals surface area contributed by atoms with Gasteiger partial charge in [-0.15, -0.1) is 0 Å². The summed E-state index contributed by atoms with van der Waals surface area (Å²) in [6, 6.07) is 6.77. The second-order valence-electron chi connectivity index (χ2n) is 8.62. The summed E-state index contributed by atoms with van der Waals surface area (Å²) in [6.07, 6.45) is 1.41. The van der Waals surface area contributed by atoms with Gasteiger partial charge in [-0.05, 0) is 49.9 Å². The number of nitrogens with zero attached hydrogens (tertiary/aromatic N) is 5. The molecule has 2 atom stereocenters. The van der Waals surface area contributed by atoms with Gasteiger partial charge >= 0.3 is 12.2 Å². The highest BCUT2D eigenvalue weighted by atomic mass is 19.4. The number of hydrogen-bond donors (Lipinski definition) is 1. The number of halogens is 3. The Labute approximate surface area is 184 Å². The zero-order valence-corrected chi connectivity index (χ0v) is 17.6. The van der Waals surface area contributed by atoms with E-state index in [4.69, 9.17) is 4.98 Å². The van der Waals surface area contributed by atoms with Gasteiger partial charge in [0.25, 0.3) is 0 Å². The minimum absolute atomic E-state index is 0.0369. The molecule has 0 aromatic carbocycles. The Morgan fingerprint density at radius 2 is 1.75 bits per heavy atom. The molecule has 3 aliphatic rings. The third-order valence-corrected chi connectivity index (χ3v) is 6.53. The van der Waals surface area contributed by atoms with Crippen molar-refractivity contribution in [1.29, 1.82) is 0 Å². The van der Waals surface area contributed by atoms with Crippen LogP contribution in [0.4, 0.5) is 41.0 Å². The number of anilines is 4. The number of aromatic nitrogens is 2. The van der Waals surface area contributed by atoms with Crippen molar-refractivity contribution < 1.29 is 18.0 Å². The van der Waals surface area contributed by atoms with Crippen molar-refractivity contribution >= 4 is 29.0 Å². The lowest BCUT2D eigenvalue weighted by Gasteiger charge is -2.46. The summed E-state index contributed by atoms with van der Waals surface area (Å²) >= 11 is 0. The maximum Gasteiger partial charge on any atom is 0.393 e. The van der Waals surface area contributed by atoms with Crippen LogP contribution < -0.4 is 20.0 Å². The van der Waals surface area contributed by atoms with Gasteiger partial charge in [-0.2, -0.15) is 13.2 Å². The van der Waals surface area contributed by atoms with Crippen LogP contribution in [-0.2, 0) is 0 Å². The molecule has 7 nitrogen and oxygen atoms in total. The van der Waals surface area contributed by atoms with Gasteiger partial charge < -0.3 is 15.1 Å². The largest absolute Gasteiger partial charge is 0.393 e. The van der Waals surface area contributed by atoms with E-state index in [0.29, 0.717) is 30.3 Å². The first-order valence-electron chi connectivity index (χ1n) is 11.0. The van der Waals surface area contributed by atoms with Gasteiger partial charge in [0.15, 0.2) is 5.82 Å². The van der Waals surface area contributed by atoms with Crippen molar-refractivity contribution in [3.8, 4) is 0 Å². The average Bonchev–Trinajstić information content (AvgIpc) is 2.79. The van der Waals surface area contributed by atoms with E-state index in [1.165, 1.54) is 0 Å². The summed E-state index contributed by atoms with van der Waals surface area (Å²) in [5.41, 5.74) is 1.48. The van der Waals surface area contributed by atoms with Crippen LogP contribution in [0, 0.1) is 5.92 Å². The fraction of sp³-hybridized carbons (Fsp3) is 0.500. The fourth-order valence-corrected chi connectivity index (χ4v) is 4.92. The number of urea groups is 1. The third-order valence-electron chi connectivity index (χ3n) is 6.53. The molecule has 0 spiro atoms. The Hall–Kier alpha value is -3.04. The molecule has 10 heteroatoms. The van der Waals surface area contributed by atoms with E-state index in [-0.39, 0.29) is 25.0 Å². The molecule has 0 aliphatic carbocycles. The van der Waals surface area contributed by atoms with Gasteiger partial charge in [0, 0.05) is 44.3 Å². The smallest absolute Gasteiger partial charge is 0.366 e. The van der Waals surface area contributed by atoms with E-state index in [0.717, 1.165) is 31.6 Å². The number of amides is 2. The van der Waals surface area contributed by atoms with Gasteiger partial charge in [-0.25, -0.2) is 9.78 Å². The molecule has 5 rings (SSSR count). The lowest BCUT2D eigenvalue weighted by atomic mass is 9.97. The number of pyridine rings is 2. The number of nitrogens with one attached hydrogen (secondary N) is 1. The molecule has 2 saturated heterocycles. The first kappa shape index (κ1) is 20.8. The molecule has 0 saturated carbocycles. The Morgan fingerprint density at radius 1 is 1.00 bits per heavy atom. The lowest BCUT2D eigenvalue weighted by Crippen LogP contribution is -2.56. The number of rotatable bonds is 2. The molecule has 2 aromatic heterocycles. The van der Waals surface area contributed by atoms with Gasteiger partial charge in [0.1, 0.15) is 5.82 Å². The van der Waals surface area contributed by atoms with Gasteiger partial charge in [0.2, 0.25) is 0 Å². The van der Waals surface area contributed by atoms with Crippen LogP contribution in [0.2, 0.25) is 0 Å². The minimum Gasteiger partial charge on any atom is -0.366 e. The first-order chi connectivity index (χ1) is 15.4. The monoisotopic (exact) mass is 446 g/mol. The molecule has 5 heterocycles. The summed E-state index contributed by atoms with van der Waals surface area (Å²) in [5.74, 6) is -0.358. The second kappa shape index (κ2) is 8.14. The highest BCUT2D eigenvalue weighted by Crippen LogP contribution is 2.41. The molecule has 0 radical (unpaired) electrons. The summed E-state index contributed by atoms with van der Waals surface area (Å²) in [5, 5.41) is 2.91.